The van der Waals surface area contributed by atoms with Gasteiger partial charge in [-0.2, -0.15) is 5.10 Å². The third-order valence-electron chi connectivity index (χ3n) is 3.37. The van der Waals surface area contributed by atoms with Gasteiger partial charge in [-0.25, -0.2) is 4.98 Å². The number of nitrogens with zero attached hydrogens (tertiary/aromatic N) is 3. The molecule has 0 bridgehead atoms. The van der Waals surface area contributed by atoms with Gasteiger partial charge in [0.15, 0.2) is 0 Å². The van der Waals surface area contributed by atoms with Crippen LogP contribution in [0.2, 0.25) is 0 Å². The fourth-order valence-electron chi connectivity index (χ4n) is 2.55. The number of thiazole rings is 1. The van der Waals surface area contributed by atoms with Crippen LogP contribution in [0.1, 0.15) is 36.9 Å². The molecule has 0 fully saturated rings. The second kappa shape index (κ2) is 3.90. The van der Waals surface area contributed by atoms with Gasteiger partial charge in [0, 0.05) is 18.8 Å². The normalized spacial score (nSPS) is 21.9. The zero-order valence-corrected chi connectivity index (χ0v) is 11.7. The zero-order chi connectivity index (χ0) is 12.9. The number of aromatic nitrogens is 3. The zero-order valence-electron chi connectivity index (χ0n) is 10.8. The second-order valence-corrected chi connectivity index (χ2v) is 6.82. The maximum Gasteiger partial charge on any atom is 0.127 e. The molecule has 0 aromatic carbocycles. The van der Waals surface area contributed by atoms with Crippen LogP contribution in [0.4, 0.5) is 0 Å². The highest BCUT2D eigenvalue weighted by Gasteiger charge is 2.34. The fourth-order valence-corrected chi connectivity index (χ4v) is 3.59. The van der Waals surface area contributed by atoms with Gasteiger partial charge in [0.2, 0.25) is 0 Å². The van der Waals surface area contributed by atoms with Crippen LogP contribution < -0.4 is 0 Å². The number of aryl methyl sites for hydroxylation is 1. The fraction of sp³-hybridized carbons (Fsp3) is 0.538. The van der Waals surface area contributed by atoms with Crippen molar-refractivity contribution in [2.75, 3.05) is 0 Å². The van der Waals surface area contributed by atoms with E-state index < -0.39 is 0 Å². The monoisotopic (exact) mass is 263 g/mol. The summed E-state index contributed by atoms with van der Waals surface area (Å²) >= 11 is 1.60. The summed E-state index contributed by atoms with van der Waals surface area (Å²) in [5.74, 6) is 0. The van der Waals surface area contributed by atoms with E-state index in [1.54, 1.807) is 16.0 Å². The summed E-state index contributed by atoms with van der Waals surface area (Å²) in [5, 5.41) is 15.3. The van der Waals surface area contributed by atoms with Crippen molar-refractivity contribution in [3.8, 4) is 10.6 Å². The molecule has 0 spiro atoms. The summed E-state index contributed by atoms with van der Waals surface area (Å²) in [6.07, 6.45) is 5.17. The van der Waals surface area contributed by atoms with Crippen LogP contribution in [0.5, 0.6) is 0 Å². The average Bonchev–Trinajstić information content (AvgIpc) is 2.82. The summed E-state index contributed by atoms with van der Waals surface area (Å²) in [4.78, 5) is 5.72. The molecule has 1 aliphatic carbocycles. The van der Waals surface area contributed by atoms with Crippen LogP contribution in [0, 0.1) is 5.41 Å². The van der Waals surface area contributed by atoms with Crippen molar-refractivity contribution in [2.45, 2.75) is 32.8 Å². The van der Waals surface area contributed by atoms with Gasteiger partial charge >= 0.3 is 0 Å². The molecule has 1 unspecified atom stereocenters. The molecule has 3 rings (SSSR count). The van der Waals surface area contributed by atoms with Gasteiger partial charge in [-0.3, -0.25) is 4.68 Å². The molecular formula is C13H17N3OS. The Hall–Kier alpha value is -1.20. The summed E-state index contributed by atoms with van der Waals surface area (Å²) < 4.78 is 1.77. The maximum atomic E-state index is 10.2. The predicted octanol–water partition coefficient (Wildman–Crippen LogP) is 2.55. The number of hydrogen-bond acceptors (Lipinski definition) is 4. The molecule has 1 N–H and O–H groups in total. The largest absolute Gasteiger partial charge is 0.387 e. The van der Waals surface area contributed by atoms with E-state index in [-0.39, 0.29) is 11.5 Å². The standard InChI is InChI=1S/C13H17N3OS/c1-13(2)4-9-11(10(17)5-13)18-12(15-9)8-6-14-16(3)7-8/h6-7,10,17H,4-5H2,1-3H3. The lowest BCUT2D eigenvalue weighted by Crippen LogP contribution is -2.24. The minimum absolute atomic E-state index is 0.132. The Morgan fingerprint density at radius 3 is 2.94 bits per heavy atom. The Labute approximate surface area is 110 Å². The number of aliphatic hydroxyl groups is 1. The molecule has 0 saturated heterocycles. The Bertz CT molecular complexity index is 585. The highest BCUT2D eigenvalue weighted by molar-refractivity contribution is 7.15. The molecule has 2 aromatic rings. The SMILES string of the molecule is Cn1cc(-c2nc3c(s2)C(O)CC(C)(C)C3)cn1. The number of hydrogen-bond donors (Lipinski definition) is 1. The topological polar surface area (TPSA) is 50.9 Å². The van der Waals surface area contributed by atoms with Crippen molar-refractivity contribution in [3.63, 3.8) is 0 Å². The van der Waals surface area contributed by atoms with E-state index in [4.69, 9.17) is 0 Å². The Balaban J connectivity index is 2.02. The minimum Gasteiger partial charge on any atom is -0.387 e. The van der Waals surface area contributed by atoms with Crippen molar-refractivity contribution in [1.29, 1.82) is 0 Å². The molecule has 0 amide bonds. The molecule has 2 heterocycles. The molecule has 1 aliphatic rings. The lowest BCUT2D eigenvalue weighted by molar-refractivity contribution is 0.102. The van der Waals surface area contributed by atoms with Gasteiger partial charge in [-0.1, -0.05) is 13.8 Å². The molecule has 0 radical (unpaired) electrons. The minimum atomic E-state index is -0.369. The quantitative estimate of drug-likeness (QED) is 0.860. The number of aliphatic hydroxyl groups excluding tert-OH is 1. The molecule has 0 aliphatic heterocycles. The van der Waals surface area contributed by atoms with Crippen LogP contribution in [0.15, 0.2) is 12.4 Å². The third kappa shape index (κ3) is 1.97. The second-order valence-electron chi connectivity index (χ2n) is 5.79. The van der Waals surface area contributed by atoms with Crippen molar-refractivity contribution in [2.24, 2.45) is 12.5 Å². The molecule has 0 saturated carbocycles. The molecule has 4 nitrogen and oxygen atoms in total. The van der Waals surface area contributed by atoms with Crippen LogP contribution in [0.3, 0.4) is 0 Å². The van der Waals surface area contributed by atoms with E-state index in [2.05, 4.69) is 23.9 Å². The van der Waals surface area contributed by atoms with Crippen LogP contribution >= 0.6 is 11.3 Å². The smallest absolute Gasteiger partial charge is 0.127 e. The van der Waals surface area contributed by atoms with E-state index >= 15 is 0 Å². The Kier molecular flexibility index (Phi) is 2.57. The van der Waals surface area contributed by atoms with Crippen LogP contribution in [0.25, 0.3) is 10.6 Å². The summed E-state index contributed by atoms with van der Waals surface area (Å²) in [6, 6.07) is 0. The third-order valence-corrected chi connectivity index (χ3v) is 4.62. The van der Waals surface area contributed by atoms with E-state index in [1.807, 2.05) is 19.4 Å². The van der Waals surface area contributed by atoms with E-state index in [9.17, 15) is 5.11 Å². The van der Waals surface area contributed by atoms with Gasteiger partial charge < -0.3 is 5.11 Å². The lowest BCUT2D eigenvalue weighted by atomic mass is 9.77. The highest BCUT2D eigenvalue weighted by Crippen LogP contribution is 2.44. The molecule has 2 aromatic heterocycles. The van der Waals surface area contributed by atoms with Gasteiger partial charge in [0.05, 0.1) is 22.9 Å². The predicted molar refractivity (Wildman–Crippen MR) is 71.4 cm³/mol. The first-order chi connectivity index (χ1) is 8.44. The Morgan fingerprint density at radius 1 is 1.50 bits per heavy atom. The average molecular weight is 263 g/mol. The summed E-state index contributed by atoms with van der Waals surface area (Å²) in [5.41, 5.74) is 2.22. The number of rotatable bonds is 1. The van der Waals surface area contributed by atoms with Gasteiger partial charge in [0.1, 0.15) is 5.01 Å². The highest BCUT2D eigenvalue weighted by atomic mass is 32.1. The van der Waals surface area contributed by atoms with E-state index in [0.717, 1.165) is 34.0 Å². The first-order valence-electron chi connectivity index (χ1n) is 6.11. The van der Waals surface area contributed by atoms with Crippen molar-refractivity contribution in [3.05, 3.63) is 23.0 Å². The number of fused-ring (bicyclic) bond motifs is 1. The molecule has 96 valence electrons. The van der Waals surface area contributed by atoms with Crippen LogP contribution in [-0.2, 0) is 13.5 Å². The van der Waals surface area contributed by atoms with Gasteiger partial charge in [-0.15, -0.1) is 11.3 Å². The van der Waals surface area contributed by atoms with Gasteiger partial charge in [-0.05, 0) is 18.3 Å². The van der Waals surface area contributed by atoms with Crippen molar-refractivity contribution in [1.82, 2.24) is 14.8 Å². The maximum absolute atomic E-state index is 10.2. The van der Waals surface area contributed by atoms with Crippen molar-refractivity contribution >= 4 is 11.3 Å². The first kappa shape index (κ1) is 11.9. The molecule has 5 heteroatoms. The molecular weight excluding hydrogens is 246 g/mol. The van der Waals surface area contributed by atoms with Gasteiger partial charge in [0.25, 0.3) is 0 Å². The summed E-state index contributed by atoms with van der Waals surface area (Å²) in [6.45, 7) is 4.37. The Morgan fingerprint density at radius 2 is 2.28 bits per heavy atom. The first-order valence-corrected chi connectivity index (χ1v) is 6.93. The molecule has 18 heavy (non-hydrogen) atoms. The lowest BCUT2D eigenvalue weighted by Gasteiger charge is -2.31. The van der Waals surface area contributed by atoms with Crippen molar-refractivity contribution < 1.29 is 5.11 Å². The van der Waals surface area contributed by atoms with E-state index in [1.165, 1.54) is 0 Å². The molecule has 1 atom stereocenters. The van der Waals surface area contributed by atoms with E-state index in [0.29, 0.717) is 0 Å². The summed E-state index contributed by atoms with van der Waals surface area (Å²) in [7, 11) is 1.90. The van der Waals surface area contributed by atoms with Crippen LogP contribution in [-0.4, -0.2) is 19.9 Å².